The van der Waals surface area contributed by atoms with Gasteiger partial charge < -0.3 is 9.47 Å². The van der Waals surface area contributed by atoms with Crippen molar-refractivity contribution in [2.24, 2.45) is 0 Å². The van der Waals surface area contributed by atoms with Gasteiger partial charge in [0.05, 0.1) is 0 Å². The van der Waals surface area contributed by atoms with Crippen LogP contribution in [0.25, 0.3) is 0 Å². The molecule has 0 spiro atoms. The van der Waals surface area contributed by atoms with Gasteiger partial charge >= 0.3 is 6.18 Å². The summed E-state index contributed by atoms with van der Waals surface area (Å²) in [5, 5.41) is 1.05. The molecule has 0 atom stereocenters. The Hall–Kier alpha value is -2.68. The van der Waals surface area contributed by atoms with Crippen molar-refractivity contribution >= 4 is 11.3 Å². The number of pyridine rings is 1. The molecule has 0 amide bonds. The molecule has 0 aliphatic rings. The molecule has 1 aromatic carbocycles. The highest BCUT2D eigenvalue weighted by atomic mass is 32.1. The molecule has 3 rings (SSSR count). The van der Waals surface area contributed by atoms with E-state index in [0.29, 0.717) is 23.5 Å². The minimum Gasteiger partial charge on any atom is -0.471 e. The van der Waals surface area contributed by atoms with Crippen molar-refractivity contribution in [1.82, 2.24) is 4.98 Å². The number of benzene rings is 1. The first-order valence-electron chi connectivity index (χ1n) is 7.19. The van der Waals surface area contributed by atoms with Crippen LogP contribution < -0.4 is 9.47 Å². The second-order valence-corrected chi connectivity index (χ2v) is 5.99. The first-order valence-corrected chi connectivity index (χ1v) is 8.07. The SMILES string of the molecule is Fc1cc(F)c(Oc2csc(C(F)(F)F)c2)nc1OCc1ccccc1. The lowest BCUT2D eigenvalue weighted by Crippen LogP contribution is -2.02. The van der Waals surface area contributed by atoms with Crippen molar-refractivity contribution in [3.8, 4) is 17.5 Å². The van der Waals surface area contributed by atoms with Gasteiger partial charge in [-0.1, -0.05) is 30.3 Å². The molecular weight excluding hydrogens is 377 g/mol. The molecule has 0 aliphatic carbocycles. The maximum absolute atomic E-state index is 13.8. The minimum atomic E-state index is -4.54. The van der Waals surface area contributed by atoms with Gasteiger partial charge in [-0.2, -0.15) is 18.2 Å². The van der Waals surface area contributed by atoms with Gasteiger partial charge in [0.25, 0.3) is 11.8 Å². The zero-order valence-electron chi connectivity index (χ0n) is 12.9. The molecular formula is C17H10F5NO2S. The molecule has 0 radical (unpaired) electrons. The Morgan fingerprint density at radius 1 is 0.962 bits per heavy atom. The Kier molecular flexibility index (Phi) is 5.08. The molecule has 0 saturated heterocycles. The van der Waals surface area contributed by atoms with Crippen LogP contribution in [0.4, 0.5) is 22.0 Å². The van der Waals surface area contributed by atoms with Gasteiger partial charge in [-0.25, -0.2) is 8.78 Å². The number of rotatable bonds is 5. The van der Waals surface area contributed by atoms with Gasteiger partial charge in [-0.15, -0.1) is 11.3 Å². The van der Waals surface area contributed by atoms with Crippen LogP contribution in [-0.2, 0) is 12.8 Å². The van der Waals surface area contributed by atoms with E-state index in [1.165, 1.54) is 0 Å². The van der Waals surface area contributed by atoms with Crippen LogP contribution in [0.15, 0.2) is 47.8 Å². The summed E-state index contributed by atoms with van der Waals surface area (Å²) >= 11 is 0.391. The summed E-state index contributed by atoms with van der Waals surface area (Å²) in [5.74, 6) is -3.66. The van der Waals surface area contributed by atoms with Crippen molar-refractivity contribution in [3.63, 3.8) is 0 Å². The number of halogens is 5. The first-order chi connectivity index (χ1) is 12.3. The molecule has 2 heterocycles. The average Bonchev–Trinajstić information content (AvgIpc) is 3.06. The number of aromatic nitrogens is 1. The number of thiophene rings is 1. The summed E-state index contributed by atoms with van der Waals surface area (Å²) in [6.45, 7) is -0.0213. The predicted molar refractivity (Wildman–Crippen MR) is 84.3 cm³/mol. The fourth-order valence-corrected chi connectivity index (χ4v) is 2.64. The van der Waals surface area contributed by atoms with Crippen LogP contribution in [0.1, 0.15) is 10.4 Å². The maximum Gasteiger partial charge on any atom is 0.425 e. The van der Waals surface area contributed by atoms with Crippen LogP contribution >= 0.6 is 11.3 Å². The number of hydrogen-bond acceptors (Lipinski definition) is 4. The van der Waals surface area contributed by atoms with Crippen molar-refractivity contribution in [1.29, 1.82) is 0 Å². The molecule has 0 N–H and O–H groups in total. The lowest BCUT2D eigenvalue weighted by atomic mass is 10.2. The van der Waals surface area contributed by atoms with E-state index in [9.17, 15) is 22.0 Å². The molecule has 0 saturated carbocycles. The van der Waals surface area contributed by atoms with E-state index in [0.717, 1.165) is 10.9 Å². The van der Waals surface area contributed by atoms with Crippen molar-refractivity contribution in [2.45, 2.75) is 12.8 Å². The number of hydrogen-bond donors (Lipinski definition) is 0. The fraction of sp³-hybridized carbons (Fsp3) is 0.118. The summed E-state index contributed by atoms with van der Waals surface area (Å²) in [5.41, 5.74) is 0.730. The van der Waals surface area contributed by atoms with Gasteiger partial charge in [-0.3, -0.25) is 0 Å². The highest BCUT2D eigenvalue weighted by Gasteiger charge is 2.33. The first kappa shape index (κ1) is 18.1. The summed E-state index contributed by atoms with van der Waals surface area (Å²) in [6.07, 6.45) is -4.54. The Morgan fingerprint density at radius 2 is 1.65 bits per heavy atom. The predicted octanol–water partition coefficient (Wildman–Crippen LogP) is 5.81. The highest BCUT2D eigenvalue weighted by molar-refractivity contribution is 7.10. The summed E-state index contributed by atoms with van der Waals surface area (Å²) < 4.78 is 75.6. The van der Waals surface area contributed by atoms with E-state index in [2.05, 4.69) is 4.98 Å². The van der Waals surface area contributed by atoms with Crippen LogP contribution in [0, 0.1) is 11.6 Å². The molecule has 26 heavy (non-hydrogen) atoms. The van der Waals surface area contributed by atoms with Gasteiger partial charge in [0.2, 0.25) is 0 Å². The summed E-state index contributed by atoms with van der Waals surface area (Å²) in [7, 11) is 0. The largest absolute Gasteiger partial charge is 0.471 e. The third kappa shape index (κ3) is 4.29. The zero-order chi connectivity index (χ0) is 18.7. The Bertz CT molecular complexity index is 896. The van der Waals surface area contributed by atoms with E-state index in [4.69, 9.17) is 9.47 Å². The third-order valence-electron chi connectivity index (χ3n) is 3.15. The molecule has 0 bridgehead atoms. The average molecular weight is 387 g/mol. The van der Waals surface area contributed by atoms with Crippen molar-refractivity contribution < 1.29 is 31.4 Å². The lowest BCUT2D eigenvalue weighted by Gasteiger charge is -2.09. The molecule has 3 nitrogen and oxygen atoms in total. The van der Waals surface area contributed by atoms with Crippen LogP contribution in [0.3, 0.4) is 0 Å². The van der Waals surface area contributed by atoms with E-state index < -0.39 is 34.4 Å². The number of ether oxygens (including phenoxy) is 2. The van der Waals surface area contributed by atoms with Gasteiger partial charge in [0.15, 0.2) is 11.6 Å². The molecule has 2 aromatic heterocycles. The van der Waals surface area contributed by atoms with E-state index >= 15 is 0 Å². The third-order valence-corrected chi connectivity index (χ3v) is 4.11. The van der Waals surface area contributed by atoms with E-state index in [-0.39, 0.29) is 12.4 Å². The maximum atomic E-state index is 13.8. The quantitative estimate of drug-likeness (QED) is 0.518. The summed E-state index contributed by atoms with van der Waals surface area (Å²) in [6, 6.07) is 10.0. The second-order valence-electron chi connectivity index (χ2n) is 5.08. The van der Waals surface area contributed by atoms with Crippen LogP contribution in [0.5, 0.6) is 17.5 Å². The second kappa shape index (κ2) is 7.28. The lowest BCUT2D eigenvalue weighted by molar-refractivity contribution is -0.134. The Labute approximate surface area is 148 Å². The summed E-state index contributed by atoms with van der Waals surface area (Å²) in [4.78, 5) is 2.68. The van der Waals surface area contributed by atoms with Gasteiger partial charge in [0.1, 0.15) is 17.2 Å². The van der Waals surface area contributed by atoms with Crippen LogP contribution in [-0.4, -0.2) is 4.98 Å². The van der Waals surface area contributed by atoms with Crippen molar-refractivity contribution in [2.75, 3.05) is 0 Å². The van der Waals surface area contributed by atoms with E-state index in [1.54, 1.807) is 30.3 Å². The zero-order valence-corrected chi connectivity index (χ0v) is 13.7. The molecule has 136 valence electrons. The normalized spacial score (nSPS) is 11.4. The standard InChI is InChI=1S/C17H10F5NO2S/c18-12-7-13(19)16(25-11-6-14(26-9-11)17(20,21)22)23-15(12)24-8-10-4-2-1-3-5-10/h1-7,9H,8H2. The molecule has 0 unspecified atom stereocenters. The fourth-order valence-electron chi connectivity index (χ4n) is 1.97. The minimum absolute atomic E-state index is 0.0213. The molecule has 9 heteroatoms. The Morgan fingerprint density at radius 3 is 2.31 bits per heavy atom. The molecule has 0 aliphatic heterocycles. The monoisotopic (exact) mass is 387 g/mol. The van der Waals surface area contributed by atoms with Crippen molar-refractivity contribution in [3.05, 3.63) is 69.9 Å². The topological polar surface area (TPSA) is 31.4 Å². The highest BCUT2D eigenvalue weighted by Crippen LogP contribution is 2.38. The van der Waals surface area contributed by atoms with E-state index in [1.807, 2.05) is 0 Å². The van der Waals surface area contributed by atoms with Crippen LogP contribution in [0.2, 0.25) is 0 Å². The Balaban J connectivity index is 1.78. The number of nitrogens with zero attached hydrogens (tertiary/aromatic N) is 1. The molecule has 3 aromatic rings. The van der Waals surface area contributed by atoms with Gasteiger partial charge in [-0.05, 0) is 5.56 Å². The number of alkyl halides is 3. The van der Waals surface area contributed by atoms with Gasteiger partial charge in [0, 0.05) is 17.5 Å². The smallest absolute Gasteiger partial charge is 0.425 e. The molecule has 0 fully saturated rings.